The predicted molar refractivity (Wildman–Crippen MR) is 65.7 cm³/mol. The Hall–Kier alpha value is -1.46. The van der Waals surface area contributed by atoms with Crippen LogP contribution in [0.5, 0.6) is 0 Å². The molecule has 0 aliphatic heterocycles. The molecule has 0 aromatic carbocycles. The van der Waals surface area contributed by atoms with Gasteiger partial charge in [-0.1, -0.05) is 6.07 Å². The summed E-state index contributed by atoms with van der Waals surface area (Å²) in [7, 11) is 1.49. The molecule has 0 spiro atoms. The molecule has 5 nitrogen and oxygen atoms in total. The van der Waals surface area contributed by atoms with Crippen molar-refractivity contribution in [2.24, 2.45) is 5.92 Å². The number of aromatic nitrogens is 1. The Morgan fingerprint density at radius 2 is 2.39 bits per heavy atom. The van der Waals surface area contributed by atoms with E-state index in [1.165, 1.54) is 7.11 Å². The Morgan fingerprint density at radius 3 is 2.94 bits per heavy atom. The van der Waals surface area contributed by atoms with Crippen molar-refractivity contribution in [1.82, 2.24) is 10.3 Å². The molecule has 1 atom stereocenters. The third kappa shape index (κ3) is 3.05. The van der Waals surface area contributed by atoms with Crippen LogP contribution in [0.15, 0.2) is 24.4 Å². The first kappa shape index (κ1) is 13.0. The van der Waals surface area contributed by atoms with Gasteiger partial charge in [-0.3, -0.25) is 9.78 Å². The molecule has 1 heterocycles. The van der Waals surface area contributed by atoms with Crippen LogP contribution in [-0.2, 0) is 9.53 Å². The van der Waals surface area contributed by atoms with E-state index in [4.69, 9.17) is 4.74 Å². The molecule has 0 radical (unpaired) electrons. The molecule has 1 aliphatic rings. The van der Waals surface area contributed by atoms with Gasteiger partial charge in [0.1, 0.15) is 6.61 Å². The van der Waals surface area contributed by atoms with E-state index < -0.39 is 0 Å². The molecule has 1 amide bonds. The molecule has 1 aromatic rings. The summed E-state index contributed by atoms with van der Waals surface area (Å²) in [4.78, 5) is 15.9. The minimum absolute atomic E-state index is 0.0403. The summed E-state index contributed by atoms with van der Waals surface area (Å²) in [6.07, 6.45) is 2.86. The molecule has 5 heteroatoms. The number of amides is 1. The topological polar surface area (TPSA) is 71.5 Å². The average Bonchev–Trinajstić information content (AvgIpc) is 2.34. The zero-order valence-corrected chi connectivity index (χ0v) is 10.4. The van der Waals surface area contributed by atoms with Gasteiger partial charge in [-0.15, -0.1) is 0 Å². The number of carbonyl (C=O) groups is 1. The molecule has 1 aliphatic carbocycles. The van der Waals surface area contributed by atoms with Gasteiger partial charge in [0.2, 0.25) is 5.91 Å². The second-order valence-corrected chi connectivity index (χ2v) is 4.62. The molecular weight excluding hydrogens is 232 g/mol. The number of carbonyl (C=O) groups excluding carboxylic acids is 1. The normalized spacial score (nSPS) is 24.1. The molecule has 1 fully saturated rings. The van der Waals surface area contributed by atoms with E-state index in [0.29, 0.717) is 12.8 Å². The van der Waals surface area contributed by atoms with Crippen molar-refractivity contribution in [3.8, 4) is 0 Å². The van der Waals surface area contributed by atoms with Gasteiger partial charge in [0, 0.05) is 13.3 Å². The average molecular weight is 250 g/mol. The van der Waals surface area contributed by atoms with E-state index in [9.17, 15) is 9.90 Å². The quantitative estimate of drug-likeness (QED) is 0.805. The highest BCUT2D eigenvalue weighted by molar-refractivity contribution is 5.77. The Labute approximate surface area is 106 Å². The number of rotatable bonds is 5. The number of hydrogen-bond acceptors (Lipinski definition) is 4. The number of methoxy groups -OCH3 is 1. The number of aliphatic hydroxyl groups is 1. The highest BCUT2D eigenvalue weighted by Gasteiger charge is 2.36. The lowest BCUT2D eigenvalue weighted by atomic mass is 9.76. The number of pyridine rings is 1. The van der Waals surface area contributed by atoms with Gasteiger partial charge in [0.05, 0.1) is 17.8 Å². The number of nitrogens with one attached hydrogen (secondary N) is 1. The van der Waals surface area contributed by atoms with Crippen LogP contribution in [0.25, 0.3) is 0 Å². The second-order valence-electron chi connectivity index (χ2n) is 4.62. The minimum atomic E-state index is -0.250. The number of aliphatic hydroxyl groups excluding tert-OH is 1. The van der Waals surface area contributed by atoms with Gasteiger partial charge in [-0.05, 0) is 30.9 Å². The molecule has 98 valence electrons. The van der Waals surface area contributed by atoms with E-state index in [0.717, 1.165) is 5.69 Å². The van der Waals surface area contributed by atoms with Gasteiger partial charge >= 0.3 is 0 Å². The molecule has 2 N–H and O–H groups in total. The SMILES string of the molecule is COCC(=O)NC(c1ccccn1)C1CC(O)C1. The lowest BCUT2D eigenvalue weighted by Gasteiger charge is -2.37. The highest BCUT2D eigenvalue weighted by Crippen LogP contribution is 2.37. The van der Waals surface area contributed by atoms with Gasteiger partial charge in [-0.25, -0.2) is 0 Å². The van der Waals surface area contributed by atoms with Crippen molar-refractivity contribution in [2.45, 2.75) is 25.0 Å². The van der Waals surface area contributed by atoms with Crippen LogP contribution in [0.2, 0.25) is 0 Å². The van der Waals surface area contributed by atoms with Crippen LogP contribution in [0.4, 0.5) is 0 Å². The Kier molecular flexibility index (Phi) is 4.28. The number of ether oxygens (including phenoxy) is 1. The monoisotopic (exact) mass is 250 g/mol. The molecule has 2 rings (SSSR count). The molecule has 0 saturated heterocycles. The molecule has 1 saturated carbocycles. The van der Waals surface area contributed by atoms with Crippen LogP contribution in [0.3, 0.4) is 0 Å². The molecular formula is C13H18N2O3. The fourth-order valence-corrected chi connectivity index (χ4v) is 2.24. The van der Waals surface area contributed by atoms with E-state index in [1.54, 1.807) is 6.20 Å². The zero-order chi connectivity index (χ0) is 13.0. The molecule has 0 bridgehead atoms. The summed E-state index contributed by atoms with van der Waals surface area (Å²) in [5.74, 6) is 0.0882. The van der Waals surface area contributed by atoms with E-state index in [-0.39, 0.29) is 30.6 Å². The van der Waals surface area contributed by atoms with Crippen LogP contribution in [-0.4, -0.2) is 35.8 Å². The summed E-state index contributed by atoms with van der Waals surface area (Å²) < 4.78 is 4.81. The van der Waals surface area contributed by atoms with E-state index >= 15 is 0 Å². The summed E-state index contributed by atoms with van der Waals surface area (Å²) in [6, 6.07) is 5.49. The Bertz CT molecular complexity index is 390. The predicted octanol–water partition coefficient (Wildman–Crippen LogP) is 0.656. The van der Waals surface area contributed by atoms with Gasteiger partial charge in [-0.2, -0.15) is 0 Å². The number of hydrogen-bond donors (Lipinski definition) is 2. The van der Waals surface area contributed by atoms with Crippen molar-refractivity contribution >= 4 is 5.91 Å². The second kappa shape index (κ2) is 5.93. The van der Waals surface area contributed by atoms with Crippen molar-refractivity contribution in [2.75, 3.05) is 13.7 Å². The standard InChI is InChI=1S/C13H18N2O3/c1-18-8-12(17)15-13(9-6-10(16)7-9)11-4-2-3-5-14-11/h2-5,9-10,13,16H,6-8H2,1H3,(H,15,17). The summed E-state index contributed by atoms with van der Waals surface area (Å²) in [5.41, 5.74) is 0.832. The summed E-state index contributed by atoms with van der Waals surface area (Å²) in [6.45, 7) is 0.0403. The summed E-state index contributed by atoms with van der Waals surface area (Å²) in [5, 5.41) is 12.3. The first-order chi connectivity index (χ1) is 8.70. The van der Waals surface area contributed by atoms with Gasteiger partial charge < -0.3 is 15.2 Å². The van der Waals surface area contributed by atoms with Crippen LogP contribution in [0, 0.1) is 5.92 Å². The Morgan fingerprint density at radius 1 is 1.61 bits per heavy atom. The van der Waals surface area contributed by atoms with E-state index in [1.807, 2.05) is 18.2 Å². The van der Waals surface area contributed by atoms with Crippen LogP contribution >= 0.6 is 0 Å². The van der Waals surface area contributed by atoms with Crippen molar-refractivity contribution in [3.63, 3.8) is 0 Å². The van der Waals surface area contributed by atoms with Crippen molar-refractivity contribution < 1.29 is 14.6 Å². The number of nitrogens with zero attached hydrogens (tertiary/aromatic N) is 1. The lowest BCUT2D eigenvalue weighted by molar-refractivity contribution is -0.126. The Balaban J connectivity index is 2.06. The summed E-state index contributed by atoms with van der Waals surface area (Å²) >= 11 is 0. The highest BCUT2D eigenvalue weighted by atomic mass is 16.5. The fraction of sp³-hybridized carbons (Fsp3) is 0.538. The zero-order valence-electron chi connectivity index (χ0n) is 10.4. The lowest BCUT2D eigenvalue weighted by Crippen LogP contribution is -2.42. The van der Waals surface area contributed by atoms with Crippen LogP contribution < -0.4 is 5.32 Å². The third-order valence-corrected chi connectivity index (χ3v) is 3.22. The first-order valence-electron chi connectivity index (χ1n) is 6.08. The third-order valence-electron chi connectivity index (χ3n) is 3.22. The molecule has 18 heavy (non-hydrogen) atoms. The maximum atomic E-state index is 11.6. The minimum Gasteiger partial charge on any atom is -0.393 e. The van der Waals surface area contributed by atoms with Gasteiger partial charge in [0.25, 0.3) is 0 Å². The maximum Gasteiger partial charge on any atom is 0.246 e. The fourth-order valence-electron chi connectivity index (χ4n) is 2.24. The van der Waals surface area contributed by atoms with Gasteiger partial charge in [0.15, 0.2) is 0 Å². The van der Waals surface area contributed by atoms with Crippen LogP contribution in [0.1, 0.15) is 24.6 Å². The van der Waals surface area contributed by atoms with Crippen molar-refractivity contribution in [3.05, 3.63) is 30.1 Å². The largest absolute Gasteiger partial charge is 0.393 e. The van der Waals surface area contributed by atoms with Crippen molar-refractivity contribution in [1.29, 1.82) is 0 Å². The first-order valence-corrected chi connectivity index (χ1v) is 6.08. The van der Waals surface area contributed by atoms with E-state index in [2.05, 4.69) is 10.3 Å². The molecule has 1 unspecified atom stereocenters. The molecule has 1 aromatic heterocycles. The smallest absolute Gasteiger partial charge is 0.246 e. The maximum absolute atomic E-state index is 11.6.